The maximum Gasteiger partial charge on any atom is 0.315 e. The number of aryl methyl sites for hydroxylation is 4. The van der Waals surface area contributed by atoms with Crippen LogP contribution in [-0.2, 0) is 11.2 Å². The number of amides is 3. The topological polar surface area (TPSA) is 83.4 Å². The van der Waals surface area contributed by atoms with Crippen LogP contribution in [0.2, 0.25) is 0 Å². The van der Waals surface area contributed by atoms with Crippen LogP contribution < -0.4 is 16.0 Å². The molecule has 3 N–H and O–H groups in total. The summed E-state index contributed by atoms with van der Waals surface area (Å²) in [5.41, 5.74) is 3.97. The third-order valence-electron chi connectivity index (χ3n) is 4.13. The van der Waals surface area contributed by atoms with Crippen LogP contribution in [0.15, 0.2) is 34.9 Å². The molecule has 0 aliphatic rings. The molecule has 26 heavy (non-hydrogen) atoms. The van der Waals surface area contributed by atoms with E-state index in [2.05, 4.69) is 16.0 Å². The van der Waals surface area contributed by atoms with E-state index in [4.69, 9.17) is 4.42 Å². The summed E-state index contributed by atoms with van der Waals surface area (Å²) < 4.78 is 5.27. The van der Waals surface area contributed by atoms with Crippen molar-refractivity contribution in [2.75, 3.05) is 11.9 Å². The first kappa shape index (κ1) is 19.6. The number of urea groups is 1. The summed E-state index contributed by atoms with van der Waals surface area (Å²) in [5, 5.41) is 8.28. The Morgan fingerprint density at radius 1 is 1.15 bits per heavy atom. The van der Waals surface area contributed by atoms with Gasteiger partial charge in [0.1, 0.15) is 5.76 Å². The first-order chi connectivity index (χ1) is 12.3. The number of carbonyl (C=O) groups excluding carboxylic acids is 2. The maximum atomic E-state index is 12.1. The molecule has 6 heteroatoms. The van der Waals surface area contributed by atoms with Gasteiger partial charge >= 0.3 is 6.03 Å². The molecule has 0 fully saturated rings. The number of furan rings is 1. The molecule has 1 heterocycles. The summed E-state index contributed by atoms with van der Waals surface area (Å²) in [4.78, 5) is 24.0. The first-order valence-electron chi connectivity index (χ1n) is 8.79. The zero-order valence-corrected chi connectivity index (χ0v) is 15.8. The predicted octanol–water partition coefficient (Wildman–Crippen LogP) is 3.46. The van der Waals surface area contributed by atoms with Gasteiger partial charge in [0.25, 0.3) is 0 Å². The molecule has 1 aromatic carbocycles. The smallest absolute Gasteiger partial charge is 0.315 e. The van der Waals surface area contributed by atoms with Crippen LogP contribution in [0.25, 0.3) is 0 Å². The van der Waals surface area contributed by atoms with Crippen LogP contribution >= 0.6 is 0 Å². The van der Waals surface area contributed by atoms with Crippen molar-refractivity contribution in [1.29, 1.82) is 0 Å². The molecule has 2 aromatic rings. The molecule has 0 saturated heterocycles. The van der Waals surface area contributed by atoms with E-state index in [-0.39, 0.29) is 24.5 Å². The van der Waals surface area contributed by atoms with Crippen molar-refractivity contribution in [2.45, 2.75) is 46.6 Å². The summed E-state index contributed by atoms with van der Waals surface area (Å²) in [6.07, 6.45) is 3.14. The second-order valence-electron chi connectivity index (χ2n) is 6.67. The molecule has 2 rings (SSSR count). The van der Waals surface area contributed by atoms with Gasteiger partial charge in [-0.2, -0.15) is 0 Å². The average molecular weight is 357 g/mol. The lowest BCUT2D eigenvalue weighted by atomic mass is 10.1. The Balaban J connectivity index is 1.73. The van der Waals surface area contributed by atoms with Gasteiger partial charge in [-0.1, -0.05) is 17.7 Å². The Kier molecular flexibility index (Phi) is 6.83. The van der Waals surface area contributed by atoms with Crippen LogP contribution in [0.3, 0.4) is 0 Å². The van der Waals surface area contributed by atoms with Crippen LogP contribution in [0.1, 0.15) is 35.8 Å². The zero-order valence-electron chi connectivity index (χ0n) is 15.8. The third kappa shape index (κ3) is 5.95. The summed E-state index contributed by atoms with van der Waals surface area (Å²) in [6, 6.07) is 7.41. The Hall–Kier alpha value is -2.76. The van der Waals surface area contributed by atoms with Crippen molar-refractivity contribution in [3.8, 4) is 0 Å². The Labute approximate surface area is 154 Å². The van der Waals surface area contributed by atoms with Crippen LogP contribution in [0.5, 0.6) is 0 Å². The molecular weight excluding hydrogens is 330 g/mol. The van der Waals surface area contributed by atoms with Gasteiger partial charge in [0.2, 0.25) is 5.91 Å². The van der Waals surface area contributed by atoms with E-state index >= 15 is 0 Å². The number of hydrogen-bond donors (Lipinski definition) is 3. The van der Waals surface area contributed by atoms with E-state index in [1.165, 1.54) is 0 Å². The summed E-state index contributed by atoms with van der Waals surface area (Å²) in [5.74, 6) is 0.640. The van der Waals surface area contributed by atoms with Crippen molar-refractivity contribution in [1.82, 2.24) is 10.6 Å². The van der Waals surface area contributed by atoms with Crippen molar-refractivity contribution >= 4 is 17.6 Å². The summed E-state index contributed by atoms with van der Waals surface area (Å²) >= 11 is 0. The second kappa shape index (κ2) is 9.08. The number of nitrogens with one attached hydrogen (secondary N) is 3. The van der Waals surface area contributed by atoms with Crippen molar-refractivity contribution in [3.63, 3.8) is 0 Å². The highest BCUT2D eigenvalue weighted by Gasteiger charge is 2.11. The molecule has 0 aliphatic carbocycles. The molecule has 0 unspecified atom stereocenters. The largest absolute Gasteiger partial charge is 0.469 e. The lowest BCUT2D eigenvalue weighted by molar-refractivity contribution is -0.115. The van der Waals surface area contributed by atoms with Gasteiger partial charge in [-0.05, 0) is 57.4 Å². The van der Waals surface area contributed by atoms with Crippen molar-refractivity contribution in [3.05, 3.63) is 53.0 Å². The fraction of sp³-hybridized carbons (Fsp3) is 0.400. The zero-order chi connectivity index (χ0) is 19.1. The van der Waals surface area contributed by atoms with E-state index in [0.717, 1.165) is 41.0 Å². The fourth-order valence-corrected chi connectivity index (χ4v) is 2.88. The second-order valence-corrected chi connectivity index (χ2v) is 6.67. The molecule has 1 aromatic heterocycles. The molecule has 0 aliphatic heterocycles. The normalized spacial score (nSPS) is 11.7. The highest BCUT2D eigenvalue weighted by molar-refractivity contribution is 5.95. The lowest BCUT2D eigenvalue weighted by Gasteiger charge is -2.15. The molecule has 1 atom stereocenters. The number of rotatable bonds is 7. The highest BCUT2D eigenvalue weighted by atomic mass is 16.3. The van der Waals surface area contributed by atoms with Crippen molar-refractivity contribution < 1.29 is 14.0 Å². The van der Waals surface area contributed by atoms with Crippen LogP contribution in [0, 0.1) is 20.8 Å². The number of benzene rings is 1. The molecule has 140 valence electrons. The third-order valence-corrected chi connectivity index (χ3v) is 4.13. The molecule has 0 spiro atoms. The average Bonchev–Trinajstić information content (AvgIpc) is 3.08. The number of carbonyl (C=O) groups is 2. The highest BCUT2D eigenvalue weighted by Crippen LogP contribution is 2.21. The monoisotopic (exact) mass is 357 g/mol. The quantitative estimate of drug-likeness (QED) is 0.709. The van der Waals surface area contributed by atoms with Crippen molar-refractivity contribution in [2.24, 2.45) is 0 Å². The van der Waals surface area contributed by atoms with E-state index in [1.807, 2.05) is 52.0 Å². The molecule has 0 radical (unpaired) electrons. The van der Waals surface area contributed by atoms with Crippen LogP contribution in [-0.4, -0.2) is 24.5 Å². The van der Waals surface area contributed by atoms with E-state index < -0.39 is 0 Å². The Bertz CT molecular complexity index is 731. The van der Waals surface area contributed by atoms with Gasteiger partial charge in [0, 0.05) is 18.2 Å². The lowest BCUT2D eigenvalue weighted by Crippen LogP contribution is -2.43. The molecule has 6 nitrogen and oxygen atoms in total. The van der Waals surface area contributed by atoms with Gasteiger partial charge in [-0.3, -0.25) is 4.79 Å². The van der Waals surface area contributed by atoms with Gasteiger partial charge in [-0.15, -0.1) is 0 Å². The minimum Gasteiger partial charge on any atom is -0.469 e. The maximum absolute atomic E-state index is 12.1. The van der Waals surface area contributed by atoms with Gasteiger partial charge in [0.05, 0.1) is 12.8 Å². The fourth-order valence-electron chi connectivity index (χ4n) is 2.88. The number of anilines is 1. The number of hydrogen-bond acceptors (Lipinski definition) is 3. The molecule has 0 bridgehead atoms. The van der Waals surface area contributed by atoms with E-state index in [9.17, 15) is 9.59 Å². The molecular formula is C20H27N3O3. The summed E-state index contributed by atoms with van der Waals surface area (Å²) in [6.45, 7) is 7.77. The standard InChI is InChI=1S/C20H27N3O3/c1-13-10-14(2)19(15(3)11-13)23-18(24)12-21-20(25)22-16(4)7-8-17-6-5-9-26-17/h5-6,9-11,16H,7-8,12H2,1-4H3,(H,23,24)(H2,21,22,25)/t16-/m1/s1. The first-order valence-corrected chi connectivity index (χ1v) is 8.79. The minimum atomic E-state index is -0.357. The van der Waals surface area contributed by atoms with Gasteiger partial charge in [-0.25, -0.2) is 4.79 Å². The van der Waals surface area contributed by atoms with Crippen LogP contribution in [0.4, 0.5) is 10.5 Å². The Morgan fingerprint density at radius 2 is 1.85 bits per heavy atom. The minimum absolute atomic E-state index is 0.0234. The Morgan fingerprint density at radius 3 is 2.46 bits per heavy atom. The molecule has 3 amide bonds. The SMILES string of the molecule is Cc1cc(C)c(NC(=O)CNC(=O)N[C@H](C)CCc2ccco2)c(C)c1. The van der Waals surface area contributed by atoms with E-state index in [0.29, 0.717) is 0 Å². The van der Waals surface area contributed by atoms with Gasteiger partial charge in [0.15, 0.2) is 0 Å². The summed E-state index contributed by atoms with van der Waals surface area (Å²) in [7, 11) is 0. The van der Waals surface area contributed by atoms with Gasteiger partial charge < -0.3 is 20.4 Å². The van der Waals surface area contributed by atoms with E-state index in [1.54, 1.807) is 6.26 Å². The predicted molar refractivity (Wildman–Crippen MR) is 102 cm³/mol. The molecule has 0 saturated carbocycles.